The van der Waals surface area contributed by atoms with Crippen LogP contribution in [0.15, 0.2) is 11.5 Å². The minimum Gasteiger partial charge on any atom is -0.312 e. The van der Waals surface area contributed by atoms with Crippen LogP contribution in [0.1, 0.15) is 36.8 Å². The van der Waals surface area contributed by atoms with Crippen molar-refractivity contribution in [2.45, 2.75) is 49.4 Å². The average Bonchev–Trinajstić information content (AvgIpc) is 3.10. The molecule has 1 atom stereocenters. The van der Waals surface area contributed by atoms with Crippen LogP contribution in [0.25, 0.3) is 0 Å². The van der Waals surface area contributed by atoms with E-state index in [1.165, 1.54) is 35.2 Å². The predicted molar refractivity (Wildman–Crippen MR) is 88.3 cm³/mol. The molecule has 1 amide bonds. The number of aromatic nitrogens is 4. The van der Waals surface area contributed by atoms with Gasteiger partial charge in [-0.2, -0.15) is 0 Å². The molecule has 22 heavy (non-hydrogen) atoms. The van der Waals surface area contributed by atoms with Crippen molar-refractivity contribution >= 4 is 34.1 Å². The summed E-state index contributed by atoms with van der Waals surface area (Å²) in [4.78, 5) is 18.4. The molecule has 3 rings (SSSR count). The summed E-state index contributed by atoms with van der Waals surface area (Å²) in [6, 6.07) is 0. The summed E-state index contributed by atoms with van der Waals surface area (Å²) < 4.78 is 1.82. The Morgan fingerprint density at radius 3 is 3.00 bits per heavy atom. The van der Waals surface area contributed by atoms with Crippen LogP contribution in [0.2, 0.25) is 0 Å². The summed E-state index contributed by atoms with van der Waals surface area (Å²) in [6.07, 6.45) is 6.92. The molecule has 1 aliphatic carbocycles. The zero-order valence-corrected chi connectivity index (χ0v) is 14.3. The Morgan fingerprint density at radius 2 is 2.32 bits per heavy atom. The highest BCUT2D eigenvalue weighted by atomic mass is 32.2. The van der Waals surface area contributed by atoms with Crippen molar-refractivity contribution in [1.29, 1.82) is 0 Å². The van der Waals surface area contributed by atoms with Gasteiger partial charge in [0.1, 0.15) is 6.33 Å². The second-order valence-electron chi connectivity index (χ2n) is 5.32. The molecular weight excluding hydrogens is 318 g/mol. The highest BCUT2D eigenvalue weighted by molar-refractivity contribution is 8.00. The van der Waals surface area contributed by atoms with Gasteiger partial charge in [0.2, 0.25) is 5.91 Å². The lowest BCUT2D eigenvalue weighted by Gasteiger charge is -2.12. The quantitative estimate of drug-likeness (QED) is 0.849. The van der Waals surface area contributed by atoms with Gasteiger partial charge in [0, 0.05) is 11.9 Å². The second kappa shape index (κ2) is 6.78. The van der Waals surface area contributed by atoms with Crippen molar-refractivity contribution in [3.05, 3.63) is 16.9 Å². The molecule has 1 unspecified atom stereocenters. The Balaban J connectivity index is 1.66. The fourth-order valence-electron chi connectivity index (χ4n) is 2.42. The van der Waals surface area contributed by atoms with Gasteiger partial charge in [-0.25, -0.2) is 4.98 Å². The SMILES string of the molecule is CCC(Sc1nncn1C)C(=O)Nc1nc2c(s1)CCCC2. The number of carbonyl (C=O) groups excluding carboxylic acids is 1. The first kappa shape index (κ1) is 15.5. The third-order valence-corrected chi connectivity index (χ3v) is 6.14. The highest BCUT2D eigenvalue weighted by Gasteiger charge is 2.22. The molecule has 8 heteroatoms. The molecule has 0 saturated heterocycles. The lowest BCUT2D eigenvalue weighted by Crippen LogP contribution is -2.25. The fraction of sp³-hybridized carbons (Fsp3) is 0.571. The maximum absolute atomic E-state index is 12.5. The van der Waals surface area contributed by atoms with Crippen LogP contribution in [-0.2, 0) is 24.7 Å². The number of thioether (sulfide) groups is 1. The van der Waals surface area contributed by atoms with Crippen molar-refractivity contribution in [3.8, 4) is 0 Å². The number of thiazole rings is 1. The van der Waals surface area contributed by atoms with Crippen molar-refractivity contribution in [2.24, 2.45) is 7.05 Å². The number of anilines is 1. The van der Waals surface area contributed by atoms with Crippen LogP contribution < -0.4 is 5.32 Å². The first-order chi connectivity index (χ1) is 10.7. The van der Waals surface area contributed by atoms with E-state index in [1.54, 1.807) is 17.7 Å². The molecule has 0 bridgehead atoms. The summed E-state index contributed by atoms with van der Waals surface area (Å²) in [7, 11) is 1.88. The first-order valence-electron chi connectivity index (χ1n) is 7.47. The predicted octanol–water partition coefficient (Wildman–Crippen LogP) is 2.66. The monoisotopic (exact) mass is 337 g/mol. The fourth-order valence-corrected chi connectivity index (χ4v) is 4.37. The average molecular weight is 337 g/mol. The molecule has 0 spiro atoms. The number of amides is 1. The Hall–Kier alpha value is -1.41. The van der Waals surface area contributed by atoms with E-state index in [2.05, 4.69) is 20.5 Å². The Bertz CT molecular complexity index is 642. The van der Waals surface area contributed by atoms with E-state index in [9.17, 15) is 4.79 Å². The van der Waals surface area contributed by atoms with Crippen LogP contribution in [0.5, 0.6) is 0 Å². The van der Waals surface area contributed by atoms with Gasteiger partial charge in [0.25, 0.3) is 0 Å². The van der Waals surface area contributed by atoms with Gasteiger partial charge in [-0.05, 0) is 32.1 Å². The van der Waals surface area contributed by atoms with Crippen molar-refractivity contribution in [2.75, 3.05) is 5.32 Å². The third kappa shape index (κ3) is 3.33. The molecule has 0 saturated carbocycles. The standard InChI is InChI=1S/C14H19N5OS2/c1-3-10(22-14-18-15-8-19(14)2)12(20)17-13-16-9-6-4-5-7-11(9)21-13/h8,10H,3-7H2,1-2H3,(H,16,17,20). The van der Waals surface area contributed by atoms with E-state index in [1.807, 2.05) is 18.5 Å². The zero-order chi connectivity index (χ0) is 15.5. The lowest BCUT2D eigenvalue weighted by molar-refractivity contribution is -0.115. The third-order valence-electron chi connectivity index (χ3n) is 3.66. The maximum Gasteiger partial charge on any atom is 0.239 e. The second-order valence-corrected chi connectivity index (χ2v) is 7.58. The van der Waals surface area contributed by atoms with Crippen molar-refractivity contribution in [1.82, 2.24) is 19.7 Å². The molecule has 0 radical (unpaired) electrons. The minimum atomic E-state index is -0.191. The molecule has 1 N–H and O–H groups in total. The number of rotatable bonds is 5. The smallest absolute Gasteiger partial charge is 0.239 e. The summed E-state index contributed by atoms with van der Waals surface area (Å²) in [6.45, 7) is 2.00. The van der Waals surface area contributed by atoms with Crippen LogP contribution in [0, 0.1) is 0 Å². The van der Waals surface area contributed by atoms with E-state index < -0.39 is 0 Å². The van der Waals surface area contributed by atoms with E-state index in [0.717, 1.165) is 29.6 Å². The summed E-state index contributed by atoms with van der Waals surface area (Å²) >= 11 is 3.06. The molecule has 6 nitrogen and oxygen atoms in total. The van der Waals surface area contributed by atoms with Crippen LogP contribution >= 0.6 is 23.1 Å². The molecule has 2 aromatic heterocycles. The molecule has 1 aliphatic rings. The van der Waals surface area contributed by atoms with Gasteiger partial charge in [-0.15, -0.1) is 21.5 Å². The number of fused-ring (bicyclic) bond motifs is 1. The van der Waals surface area contributed by atoms with E-state index in [-0.39, 0.29) is 11.2 Å². The molecule has 118 valence electrons. The van der Waals surface area contributed by atoms with Gasteiger partial charge < -0.3 is 9.88 Å². The molecule has 0 aliphatic heterocycles. The van der Waals surface area contributed by atoms with Gasteiger partial charge in [0.15, 0.2) is 10.3 Å². The minimum absolute atomic E-state index is 0.0124. The number of hydrogen-bond donors (Lipinski definition) is 1. The van der Waals surface area contributed by atoms with Crippen LogP contribution in [0.4, 0.5) is 5.13 Å². The summed E-state index contributed by atoms with van der Waals surface area (Å²) in [5, 5.41) is 12.1. The first-order valence-corrected chi connectivity index (χ1v) is 9.17. The van der Waals surface area contributed by atoms with Gasteiger partial charge in [0.05, 0.1) is 10.9 Å². The van der Waals surface area contributed by atoms with Crippen LogP contribution in [0.3, 0.4) is 0 Å². The number of nitrogens with one attached hydrogen (secondary N) is 1. The number of aryl methyl sites for hydroxylation is 3. The van der Waals surface area contributed by atoms with E-state index in [4.69, 9.17) is 0 Å². The maximum atomic E-state index is 12.5. The largest absolute Gasteiger partial charge is 0.312 e. The van der Waals surface area contributed by atoms with Crippen molar-refractivity contribution in [3.63, 3.8) is 0 Å². The number of carbonyl (C=O) groups is 1. The summed E-state index contributed by atoms with van der Waals surface area (Å²) in [5.74, 6) is -0.0124. The Kier molecular flexibility index (Phi) is 4.77. The topological polar surface area (TPSA) is 72.7 Å². The lowest BCUT2D eigenvalue weighted by atomic mass is 10.0. The van der Waals surface area contributed by atoms with Gasteiger partial charge in [-0.1, -0.05) is 18.7 Å². The normalized spacial score (nSPS) is 15.4. The zero-order valence-electron chi connectivity index (χ0n) is 12.7. The van der Waals surface area contributed by atoms with E-state index >= 15 is 0 Å². The highest BCUT2D eigenvalue weighted by Crippen LogP contribution is 2.30. The molecule has 0 fully saturated rings. The van der Waals surface area contributed by atoms with E-state index in [0.29, 0.717) is 0 Å². The van der Waals surface area contributed by atoms with Gasteiger partial charge >= 0.3 is 0 Å². The molecular formula is C14H19N5OS2. The van der Waals surface area contributed by atoms with Crippen LogP contribution in [-0.4, -0.2) is 30.9 Å². The number of nitrogens with zero attached hydrogens (tertiary/aromatic N) is 4. The molecule has 0 aromatic carbocycles. The van der Waals surface area contributed by atoms with Gasteiger partial charge in [-0.3, -0.25) is 4.79 Å². The Labute approximate surface area is 137 Å². The molecule has 2 aromatic rings. The van der Waals surface area contributed by atoms with Crippen molar-refractivity contribution < 1.29 is 4.79 Å². The molecule has 2 heterocycles. The number of hydrogen-bond acceptors (Lipinski definition) is 6. The summed E-state index contributed by atoms with van der Waals surface area (Å²) in [5.41, 5.74) is 1.17. The Morgan fingerprint density at radius 1 is 1.50 bits per heavy atom.